The number of rotatable bonds is 1. The summed E-state index contributed by atoms with van der Waals surface area (Å²) < 4.78 is 2.13. The third-order valence-electron chi connectivity index (χ3n) is 5.00. The van der Waals surface area contributed by atoms with Gasteiger partial charge >= 0.3 is 0 Å². The zero-order chi connectivity index (χ0) is 18.7. The first kappa shape index (κ1) is 16.0. The topological polar surface area (TPSA) is 67.2 Å². The van der Waals surface area contributed by atoms with Gasteiger partial charge in [-0.05, 0) is 54.6 Å². The molecule has 3 aromatic heterocycles. The van der Waals surface area contributed by atoms with Crippen molar-refractivity contribution >= 4 is 44.3 Å². The Labute approximate surface area is 157 Å². The predicted molar refractivity (Wildman–Crippen MR) is 110 cm³/mol. The molecule has 27 heavy (non-hydrogen) atoms. The Morgan fingerprint density at radius 3 is 2.78 bits per heavy atom. The van der Waals surface area contributed by atoms with Gasteiger partial charge in [0.2, 0.25) is 0 Å². The molecule has 0 fully saturated rings. The zero-order valence-corrected chi connectivity index (χ0v) is 15.6. The maximum Gasteiger partial charge on any atom is 0.274 e. The van der Waals surface area contributed by atoms with Crippen molar-refractivity contribution in [3.05, 3.63) is 84.4 Å². The number of para-hydroxylation sites is 1. The number of hydrogen-bond acceptors (Lipinski definition) is 4. The first-order chi connectivity index (χ1) is 13.0. The number of H-pyrrole nitrogens is 1. The normalized spacial score (nSPS) is 12.6. The lowest BCUT2D eigenvalue weighted by atomic mass is 10.1. The average Bonchev–Trinajstić information content (AvgIpc) is 3.16. The van der Waals surface area contributed by atoms with E-state index in [4.69, 9.17) is 0 Å². The van der Waals surface area contributed by atoms with Crippen LogP contribution in [0.1, 0.15) is 16.7 Å². The monoisotopic (exact) mass is 373 g/mol. The number of thiazole rings is 1. The standard InChI is InChI=1S/C21H15N3O2S/c1-11-7-8-16-18(12(11)2)23-21-24(16)20(26)17(27-21)10-14-9-13-5-3-4-6-15(13)22-19(14)25/h3-10H,1-2H3,(H,22,25)/b17-10+. The van der Waals surface area contributed by atoms with E-state index in [9.17, 15) is 9.59 Å². The van der Waals surface area contributed by atoms with Crippen molar-refractivity contribution in [2.75, 3.05) is 0 Å². The minimum Gasteiger partial charge on any atom is -0.321 e. The van der Waals surface area contributed by atoms with Crippen LogP contribution in [-0.2, 0) is 0 Å². The summed E-state index contributed by atoms with van der Waals surface area (Å²) in [6, 6.07) is 13.3. The minimum atomic E-state index is -0.213. The van der Waals surface area contributed by atoms with Gasteiger partial charge in [-0.2, -0.15) is 0 Å². The molecule has 132 valence electrons. The number of hydrogen-bond donors (Lipinski definition) is 1. The molecule has 2 aromatic carbocycles. The van der Waals surface area contributed by atoms with Gasteiger partial charge in [0.25, 0.3) is 11.1 Å². The lowest BCUT2D eigenvalue weighted by Crippen LogP contribution is -2.24. The Kier molecular flexibility index (Phi) is 3.32. The molecule has 0 aliphatic heterocycles. The fraction of sp³-hybridized carbons (Fsp3) is 0.0952. The first-order valence-electron chi connectivity index (χ1n) is 8.58. The van der Waals surface area contributed by atoms with Crippen LogP contribution in [-0.4, -0.2) is 14.4 Å². The van der Waals surface area contributed by atoms with Gasteiger partial charge < -0.3 is 4.98 Å². The second kappa shape index (κ2) is 5.62. The molecular formula is C21H15N3O2S. The van der Waals surface area contributed by atoms with Crippen molar-refractivity contribution < 1.29 is 0 Å². The Morgan fingerprint density at radius 2 is 1.93 bits per heavy atom. The molecule has 1 N–H and O–H groups in total. The lowest BCUT2D eigenvalue weighted by Gasteiger charge is -1.99. The van der Waals surface area contributed by atoms with Crippen molar-refractivity contribution in [1.82, 2.24) is 14.4 Å². The first-order valence-corrected chi connectivity index (χ1v) is 9.39. The van der Waals surface area contributed by atoms with Gasteiger partial charge in [-0.3, -0.25) is 9.59 Å². The van der Waals surface area contributed by atoms with Gasteiger partial charge in [-0.1, -0.05) is 35.6 Å². The zero-order valence-electron chi connectivity index (χ0n) is 14.7. The Balaban J connectivity index is 1.80. The largest absolute Gasteiger partial charge is 0.321 e. The number of aryl methyl sites for hydroxylation is 2. The Hall–Kier alpha value is -3.25. The lowest BCUT2D eigenvalue weighted by molar-refractivity contribution is 1.19. The number of benzene rings is 2. The van der Waals surface area contributed by atoms with Crippen LogP contribution >= 0.6 is 11.3 Å². The summed E-state index contributed by atoms with van der Waals surface area (Å²) in [5.74, 6) is 0. The fourth-order valence-electron chi connectivity index (χ4n) is 3.38. The number of nitrogens with zero attached hydrogens (tertiary/aromatic N) is 2. The van der Waals surface area contributed by atoms with Crippen LogP contribution in [0, 0.1) is 13.8 Å². The Bertz CT molecular complexity index is 1540. The predicted octanol–water partition coefficient (Wildman–Crippen LogP) is 2.92. The number of nitrogens with one attached hydrogen (secondary N) is 1. The van der Waals surface area contributed by atoms with E-state index in [2.05, 4.69) is 9.97 Å². The molecule has 0 unspecified atom stereocenters. The smallest absolute Gasteiger partial charge is 0.274 e. The molecule has 0 amide bonds. The van der Waals surface area contributed by atoms with E-state index in [0.29, 0.717) is 15.1 Å². The number of pyridine rings is 1. The van der Waals surface area contributed by atoms with Crippen LogP contribution in [0.15, 0.2) is 52.1 Å². The highest BCUT2D eigenvalue weighted by atomic mass is 32.1. The highest BCUT2D eigenvalue weighted by Crippen LogP contribution is 2.22. The van der Waals surface area contributed by atoms with Crippen LogP contribution in [0.3, 0.4) is 0 Å². The van der Waals surface area contributed by atoms with Gasteiger partial charge in [0.1, 0.15) is 0 Å². The van der Waals surface area contributed by atoms with E-state index in [1.807, 2.05) is 56.3 Å². The van der Waals surface area contributed by atoms with Crippen LogP contribution in [0.25, 0.3) is 33.0 Å². The van der Waals surface area contributed by atoms with Crippen molar-refractivity contribution in [2.24, 2.45) is 0 Å². The highest BCUT2D eigenvalue weighted by molar-refractivity contribution is 7.15. The van der Waals surface area contributed by atoms with Crippen LogP contribution < -0.4 is 15.7 Å². The molecule has 0 aliphatic rings. The summed E-state index contributed by atoms with van der Waals surface area (Å²) in [5.41, 5.74) is 4.78. The molecule has 0 spiro atoms. The highest BCUT2D eigenvalue weighted by Gasteiger charge is 2.14. The molecule has 6 heteroatoms. The minimum absolute atomic E-state index is 0.145. The molecule has 0 radical (unpaired) electrons. The third-order valence-corrected chi connectivity index (χ3v) is 5.97. The van der Waals surface area contributed by atoms with Gasteiger partial charge in [0.05, 0.1) is 15.6 Å². The van der Waals surface area contributed by atoms with Gasteiger partial charge in [-0.15, -0.1) is 0 Å². The van der Waals surface area contributed by atoms with E-state index in [1.165, 1.54) is 11.3 Å². The maximum absolute atomic E-state index is 13.0. The molecule has 0 saturated carbocycles. The van der Waals surface area contributed by atoms with E-state index in [1.54, 1.807) is 10.5 Å². The van der Waals surface area contributed by atoms with Gasteiger partial charge in [-0.25, -0.2) is 9.38 Å². The van der Waals surface area contributed by atoms with Crippen LogP contribution in [0.5, 0.6) is 0 Å². The van der Waals surface area contributed by atoms with Gasteiger partial charge in [0, 0.05) is 11.1 Å². The summed E-state index contributed by atoms with van der Waals surface area (Å²) in [7, 11) is 0. The quantitative estimate of drug-likeness (QED) is 0.491. The summed E-state index contributed by atoms with van der Waals surface area (Å²) in [4.78, 5) is 33.5. The summed E-state index contributed by atoms with van der Waals surface area (Å²) in [6.07, 6.45) is 1.65. The number of fused-ring (bicyclic) bond motifs is 4. The molecule has 5 nitrogen and oxygen atoms in total. The summed E-state index contributed by atoms with van der Waals surface area (Å²) >= 11 is 1.30. The number of aromatic amines is 1. The van der Waals surface area contributed by atoms with E-state index >= 15 is 0 Å². The molecule has 0 aliphatic carbocycles. The second-order valence-corrected chi connectivity index (χ2v) is 7.67. The van der Waals surface area contributed by atoms with Crippen LogP contribution in [0.4, 0.5) is 0 Å². The third kappa shape index (κ3) is 2.34. The van der Waals surface area contributed by atoms with E-state index in [0.717, 1.165) is 33.1 Å². The van der Waals surface area contributed by atoms with Crippen molar-refractivity contribution in [1.29, 1.82) is 0 Å². The summed E-state index contributed by atoms with van der Waals surface area (Å²) in [5, 5.41) is 0.925. The SMILES string of the molecule is Cc1ccc2c(nc3s/c(=C/c4cc5ccccc5[nH]c4=O)c(=O)n32)c1C. The summed E-state index contributed by atoms with van der Waals surface area (Å²) in [6.45, 7) is 4.05. The number of imidazole rings is 1. The second-order valence-electron chi connectivity index (χ2n) is 6.66. The molecule has 3 heterocycles. The van der Waals surface area contributed by atoms with E-state index in [-0.39, 0.29) is 11.1 Å². The molecular weight excluding hydrogens is 358 g/mol. The van der Waals surface area contributed by atoms with E-state index < -0.39 is 0 Å². The van der Waals surface area contributed by atoms with Gasteiger partial charge in [0.15, 0.2) is 4.96 Å². The maximum atomic E-state index is 13.0. The van der Waals surface area contributed by atoms with Crippen LogP contribution in [0.2, 0.25) is 0 Å². The molecule has 0 saturated heterocycles. The average molecular weight is 373 g/mol. The Morgan fingerprint density at radius 1 is 1.11 bits per heavy atom. The molecule has 0 atom stereocenters. The van der Waals surface area contributed by atoms with Crippen molar-refractivity contribution in [3.63, 3.8) is 0 Å². The molecule has 0 bridgehead atoms. The fourth-order valence-corrected chi connectivity index (χ4v) is 4.35. The van der Waals surface area contributed by atoms with Crippen molar-refractivity contribution in [2.45, 2.75) is 13.8 Å². The molecule has 5 aromatic rings. The number of aromatic nitrogens is 3. The molecule has 5 rings (SSSR count). The van der Waals surface area contributed by atoms with Crippen molar-refractivity contribution in [3.8, 4) is 0 Å².